The van der Waals surface area contributed by atoms with E-state index in [2.05, 4.69) is 0 Å². The standard InChI is InChI=1S/C23H25FN2O4S/c24-18-7-5-17(6-8-18)23(9-1-2-10-23)22(29)30-16-20(27)25-11-13-26(14-12-25)21(28)19-4-3-15-31-19/h3-8,15H,1-2,9-14,16H2. The van der Waals surface area contributed by atoms with E-state index in [1.165, 1.54) is 23.5 Å². The summed E-state index contributed by atoms with van der Waals surface area (Å²) in [4.78, 5) is 42.1. The molecule has 1 aliphatic carbocycles. The quantitative estimate of drug-likeness (QED) is 0.664. The van der Waals surface area contributed by atoms with Gasteiger partial charge < -0.3 is 14.5 Å². The number of piperazine rings is 1. The minimum atomic E-state index is -0.806. The van der Waals surface area contributed by atoms with Crippen molar-refractivity contribution in [3.05, 3.63) is 58.0 Å². The van der Waals surface area contributed by atoms with Gasteiger partial charge in [-0.3, -0.25) is 14.4 Å². The molecule has 2 fully saturated rings. The van der Waals surface area contributed by atoms with E-state index in [9.17, 15) is 18.8 Å². The van der Waals surface area contributed by atoms with Crippen LogP contribution in [0.15, 0.2) is 41.8 Å². The number of hydrogen-bond acceptors (Lipinski definition) is 5. The third-order valence-electron chi connectivity index (χ3n) is 6.22. The molecule has 0 radical (unpaired) electrons. The summed E-state index contributed by atoms with van der Waals surface area (Å²) in [5, 5.41) is 1.87. The number of halogens is 1. The van der Waals surface area contributed by atoms with E-state index in [0.717, 1.165) is 18.4 Å². The van der Waals surface area contributed by atoms with Gasteiger partial charge in [0.2, 0.25) is 0 Å². The predicted molar refractivity (Wildman–Crippen MR) is 114 cm³/mol. The minimum absolute atomic E-state index is 0.0176. The number of rotatable bonds is 5. The van der Waals surface area contributed by atoms with Crippen LogP contribution in [-0.2, 0) is 19.7 Å². The van der Waals surface area contributed by atoms with E-state index >= 15 is 0 Å². The summed E-state index contributed by atoms with van der Waals surface area (Å²) in [7, 11) is 0. The molecular weight excluding hydrogens is 419 g/mol. The van der Waals surface area contributed by atoms with Gasteiger partial charge in [0.05, 0.1) is 10.3 Å². The minimum Gasteiger partial charge on any atom is -0.455 e. The Morgan fingerprint density at radius 2 is 1.61 bits per heavy atom. The molecule has 2 amide bonds. The molecule has 31 heavy (non-hydrogen) atoms. The Bertz CT molecular complexity index is 931. The average molecular weight is 445 g/mol. The van der Waals surface area contributed by atoms with Crippen molar-refractivity contribution in [1.82, 2.24) is 9.80 Å². The van der Waals surface area contributed by atoms with Crippen molar-refractivity contribution in [3.63, 3.8) is 0 Å². The number of amides is 2. The summed E-state index contributed by atoms with van der Waals surface area (Å²) in [5.41, 5.74) is -0.0654. The van der Waals surface area contributed by atoms with E-state index in [-0.39, 0.29) is 24.2 Å². The molecule has 1 saturated heterocycles. The maximum Gasteiger partial charge on any atom is 0.317 e. The van der Waals surface area contributed by atoms with Crippen molar-refractivity contribution >= 4 is 29.1 Å². The van der Waals surface area contributed by atoms with Crippen LogP contribution in [0.1, 0.15) is 40.9 Å². The first-order chi connectivity index (χ1) is 15.0. The molecule has 4 rings (SSSR count). The second-order valence-electron chi connectivity index (χ2n) is 8.02. The van der Waals surface area contributed by atoms with Gasteiger partial charge in [-0.15, -0.1) is 11.3 Å². The van der Waals surface area contributed by atoms with Crippen LogP contribution in [0.25, 0.3) is 0 Å². The third-order valence-corrected chi connectivity index (χ3v) is 7.08. The molecule has 0 unspecified atom stereocenters. The molecule has 1 saturated carbocycles. The highest BCUT2D eigenvalue weighted by Gasteiger charge is 2.44. The molecule has 1 aromatic heterocycles. The number of esters is 1. The second kappa shape index (κ2) is 9.18. The SMILES string of the molecule is O=C(COC(=O)C1(c2ccc(F)cc2)CCCC1)N1CCN(C(=O)c2cccs2)CC1. The van der Waals surface area contributed by atoms with Crippen molar-refractivity contribution in [3.8, 4) is 0 Å². The number of carbonyl (C=O) groups is 3. The van der Waals surface area contributed by atoms with Crippen LogP contribution in [-0.4, -0.2) is 60.4 Å². The lowest BCUT2D eigenvalue weighted by atomic mass is 9.79. The summed E-state index contributed by atoms with van der Waals surface area (Å²) >= 11 is 1.40. The Kier molecular flexibility index (Phi) is 6.36. The van der Waals surface area contributed by atoms with Gasteiger partial charge in [0.15, 0.2) is 6.61 Å². The molecule has 0 spiro atoms. The molecule has 6 nitrogen and oxygen atoms in total. The monoisotopic (exact) mass is 444 g/mol. The number of hydrogen-bond donors (Lipinski definition) is 0. The first-order valence-electron chi connectivity index (χ1n) is 10.5. The smallest absolute Gasteiger partial charge is 0.317 e. The van der Waals surface area contributed by atoms with Crippen molar-refractivity contribution in [2.75, 3.05) is 32.8 Å². The molecule has 0 bridgehead atoms. The highest BCUT2D eigenvalue weighted by Crippen LogP contribution is 2.42. The molecule has 2 aromatic rings. The van der Waals surface area contributed by atoms with Gasteiger partial charge in [0.1, 0.15) is 5.82 Å². The second-order valence-corrected chi connectivity index (χ2v) is 8.97. The van der Waals surface area contributed by atoms with Gasteiger partial charge in [-0.05, 0) is 42.0 Å². The zero-order valence-corrected chi connectivity index (χ0v) is 18.0. The lowest BCUT2D eigenvalue weighted by Gasteiger charge is -2.34. The Morgan fingerprint density at radius 3 is 2.23 bits per heavy atom. The number of benzene rings is 1. The van der Waals surface area contributed by atoms with E-state index < -0.39 is 11.4 Å². The van der Waals surface area contributed by atoms with E-state index in [0.29, 0.717) is 43.9 Å². The number of carbonyl (C=O) groups excluding carboxylic acids is 3. The fourth-order valence-electron chi connectivity index (χ4n) is 4.43. The van der Waals surface area contributed by atoms with Crippen molar-refractivity contribution < 1.29 is 23.5 Å². The molecule has 1 aliphatic heterocycles. The summed E-state index contributed by atoms with van der Waals surface area (Å²) in [6, 6.07) is 9.61. The highest BCUT2D eigenvalue weighted by molar-refractivity contribution is 7.12. The van der Waals surface area contributed by atoms with E-state index in [4.69, 9.17) is 4.74 Å². The Morgan fingerprint density at radius 1 is 0.968 bits per heavy atom. The Labute approximate surface area is 184 Å². The van der Waals surface area contributed by atoms with Gasteiger partial charge in [-0.25, -0.2) is 4.39 Å². The summed E-state index contributed by atoms with van der Waals surface area (Å²) in [6.07, 6.45) is 3.05. The largest absolute Gasteiger partial charge is 0.455 e. The Hall–Kier alpha value is -2.74. The number of thiophene rings is 1. The van der Waals surface area contributed by atoms with E-state index in [1.54, 1.807) is 28.0 Å². The summed E-state index contributed by atoms with van der Waals surface area (Å²) in [6.45, 7) is 1.42. The molecule has 2 heterocycles. The van der Waals surface area contributed by atoms with Crippen molar-refractivity contribution in [2.24, 2.45) is 0 Å². The molecule has 0 atom stereocenters. The van der Waals surface area contributed by atoms with E-state index in [1.807, 2.05) is 11.4 Å². The van der Waals surface area contributed by atoms with Gasteiger partial charge in [-0.1, -0.05) is 31.0 Å². The molecule has 1 aromatic carbocycles. The topological polar surface area (TPSA) is 66.9 Å². The average Bonchev–Trinajstić information content (AvgIpc) is 3.50. The normalized spacial score (nSPS) is 18.1. The fraction of sp³-hybridized carbons (Fsp3) is 0.435. The molecule has 164 valence electrons. The summed E-state index contributed by atoms with van der Waals surface area (Å²) in [5.74, 6) is -1.05. The van der Waals surface area contributed by atoms with Gasteiger partial charge in [-0.2, -0.15) is 0 Å². The lowest BCUT2D eigenvalue weighted by Crippen LogP contribution is -2.51. The van der Waals surface area contributed by atoms with Crippen LogP contribution in [0, 0.1) is 5.82 Å². The van der Waals surface area contributed by atoms with Crippen LogP contribution in [0.3, 0.4) is 0 Å². The third kappa shape index (κ3) is 4.49. The zero-order chi connectivity index (χ0) is 21.8. The highest BCUT2D eigenvalue weighted by atomic mass is 32.1. The first kappa shape index (κ1) is 21.5. The fourth-order valence-corrected chi connectivity index (χ4v) is 5.12. The van der Waals surface area contributed by atoms with Gasteiger partial charge in [0.25, 0.3) is 11.8 Å². The van der Waals surface area contributed by atoms with Crippen molar-refractivity contribution in [1.29, 1.82) is 0 Å². The lowest BCUT2D eigenvalue weighted by molar-refractivity contribution is -0.157. The van der Waals surface area contributed by atoms with Crippen molar-refractivity contribution in [2.45, 2.75) is 31.1 Å². The van der Waals surface area contributed by atoms with Crippen LogP contribution in [0.2, 0.25) is 0 Å². The molecule has 8 heteroatoms. The maximum atomic E-state index is 13.3. The number of ether oxygens (including phenoxy) is 1. The van der Waals surface area contributed by atoms with Crippen LogP contribution in [0.5, 0.6) is 0 Å². The predicted octanol–water partition coefficient (Wildman–Crippen LogP) is 3.23. The zero-order valence-electron chi connectivity index (χ0n) is 17.2. The van der Waals surface area contributed by atoms with Gasteiger partial charge in [0, 0.05) is 26.2 Å². The number of nitrogens with zero attached hydrogens (tertiary/aromatic N) is 2. The molecule has 2 aliphatic rings. The maximum absolute atomic E-state index is 13.3. The van der Waals surface area contributed by atoms with Crippen LogP contribution in [0.4, 0.5) is 4.39 Å². The van der Waals surface area contributed by atoms with Crippen LogP contribution >= 0.6 is 11.3 Å². The first-order valence-corrected chi connectivity index (χ1v) is 11.4. The van der Waals surface area contributed by atoms with Gasteiger partial charge >= 0.3 is 5.97 Å². The molecular formula is C23H25FN2O4S. The van der Waals surface area contributed by atoms with Crippen LogP contribution < -0.4 is 0 Å². The molecule has 0 N–H and O–H groups in total. The summed E-state index contributed by atoms with van der Waals surface area (Å²) < 4.78 is 18.8. The Balaban J connectivity index is 1.31.